The average molecular weight is 425 g/mol. The van der Waals surface area contributed by atoms with Gasteiger partial charge >= 0.3 is 5.97 Å². The Bertz CT molecular complexity index is 1060. The molecule has 1 heterocycles. The smallest absolute Gasteiger partial charge is 0.330 e. The van der Waals surface area contributed by atoms with Crippen molar-refractivity contribution >= 4 is 29.6 Å². The molecule has 0 saturated heterocycles. The summed E-state index contributed by atoms with van der Waals surface area (Å²) in [6, 6.07) is 16.0. The minimum absolute atomic E-state index is 0.383. The van der Waals surface area contributed by atoms with Crippen molar-refractivity contribution in [1.29, 1.82) is 0 Å². The summed E-state index contributed by atoms with van der Waals surface area (Å²) in [4.78, 5) is 10.7. The number of esters is 1. The molecular weight excluding hydrogens is 396 g/mol. The molecule has 1 unspecified atom stereocenters. The molecule has 0 aliphatic rings. The first kappa shape index (κ1) is 22.0. The van der Waals surface area contributed by atoms with E-state index in [9.17, 15) is 4.79 Å². The summed E-state index contributed by atoms with van der Waals surface area (Å²) >= 11 is 4.66. The summed E-state index contributed by atoms with van der Waals surface area (Å²) in [7, 11) is 0. The first-order valence-corrected chi connectivity index (χ1v) is 10.5. The molecule has 0 spiro atoms. The van der Waals surface area contributed by atoms with Gasteiger partial charge in [0.2, 0.25) is 0 Å². The molecule has 0 aliphatic heterocycles. The van der Waals surface area contributed by atoms with Crippen LogP contribution >= 0.6 is 12.6 Å². The van der Waals surface area contributed by atoms with Crippen molar-refractivity contribution in [2.75, 3.05) is 0 Å². The van der Waals surface area contributed by atoms with Crippen LogP contribution in [0, 0.1) is 0 Å². The van der Waals surface area contributed by atoms with E-state index >= 15 is 0 Å². The van der Waals surface area contributed by atoms with Crippen molar-refractivity contribution in [1.82, 2.24) is 0 Å². The van der Waals surface area contributed by atoms with Crippen molar-refractivity contribution in [2.45, 2.75) is 51.1 Å². The SMILES string of the molecule is C=CC(=O)OC(C)(C)CC(C)(S)Oc1ccc2cc(-c3ccccc3CC)oc2c1. The number of fused-ring (bicyclic) bond motifs is 1. The van der Waals surface area contributed by atoms with E-state index in [4.69, 9.17) is 13.9 Å². The third-order valence-electron chi connectivity index (χ3n) is 4.79. The number of hydrogen-bond donors (Lipinski definition) is 1. The summed E-state index contributed by atoms with van der Waals surface area (Å²) in [5, 5.41) is 1.00. The monoisotopic (exact) mass is 424 g/mol. The highest BCUT2D eigenvalue weighted by Gasteiger charge is 2.34. The molecule has 0 N–H and O–H groups in total. The molecule has 1 aromatic heterocycles. The molecule has 2 aromatic carbocycles. The van der Waals surface area contributed by atoms with E-state index in [1.165, 1.54) is 5.56 Å². The molecule has 158 valence electrons. The second kappa shape index (κ2) is 8.60. The first-order chi connectivity index (χ1) is 14.1. The average Bonchev–Trinajstić information content (AvgIpc) is 3.09. The molecule has 30 heavy (non-hydrogen) atoms. The van der Waals surface area contributed by atoms with Crippen molar-refractivity contribution in [3.05, 3.63) is 66.7 Å². The zero-order valence-corrected chi connectivity index (χ0v) is 18.8. The predicted molar refractivity (Wildman–Crippen MR) is 124 cm³/mol. The van der Waals surface area contributed by atoms with E-state index in [0.29, 0.717) is 12.2 Å². The number of rotatable bonds is 8. The summed E-state index contributed by atoms with van der Waals surface area (Å²) in [6.45, 7) is 11.1. The highest BCUT2D eigenvalue weighted by Crippen LogP contribution is 2.35. The van der Waals surface area contributed by atoms with Gasteiger partial charge in [-0.3, -0.25) is 0 Å². The van der Waals surface area contributed by atoms with Crippen LogP contribution in [-0.2, 0) is 16.0 Å². The molecule has 1 atom stereocenters. The third-order valence-corrected chi connectivity index (χ3v) is 5.04. The maximum atomic E-state index is 11.6. The Morgan fingerprint density at radius 2 is 1.90 bits per heavy atom. The minimum atomic E-state index is -0.858. The van der Waals surface area contributed by atoms with E-state index in [1.807, 2.05) is 57.2 Å². The second-order valence-corrected chi connectivity index (χ2v) is 9.11. The topological polar surface area (TPSA) is 48.7 Å². The lowest BCUT2D eigenvalue weighted by atomic mass is 10.0. The first-order valence-electron chi connectivity index (χ1n) is 10.0. The largest absolute Gasteiger partial charge is 0.477 e. The lowest BCUT2D eigenvalue weighted by Gasteiger charge is -2.34. The molecule has 3 rings (SSSR count). The quantitative estimate of drug-likeness (QED) is 0.192. The fraction of sp³-hybridized carbons (Fsp3) is 0.320. The van der Waals surface area contributed by atoms with Crippen LogP contribution < -0.4 is 4.74 Å². The Hall–Kier alpha value is -2.66. The van der Waals surface area contributed by atoms with Crippen LogP contribution in [0.15, 0.2) is 65.6 Å². The Labute approximate surface area is 183 Å². The van der Waals surface area contributed by atoms with Gasteiger partial charge in [0.25, 0.3) is 0 Å². The van der Waals surface area contributed by atoms with Crippen LogP contribution in [0.3, 0.4) is 0 Å². The Balaban J connectivity index is 1.82. The maximum absolute atomic E-state index is 11.6. The van der Waals surface area contributed by atoms with Crippen LogP contribution in [0.1, 0.15) is 39.7 Å². The van der Waals surface area contributed by atoms with E-state index in [0.717, 1.165) is 34.8 Å². The molecular formula is C25H28O4S. The molecule has 0 bridgehead atoms. The van der Waals surface area contributed by atoms with Crippen LogP contribution in [0.5, 0.6) is 5.75 Å². The number of benzene rings is 2. The molecule has 0 aliphatic carbocycles. The Kier molecular flexibility index (Phi) is 6.32. The maximum Gasteiger partial charge on any atom is 0.330 e. The van der Waals surface area contributed by atoms with E-state index in [2.05, 4.69) is 38.3 Å². The lowest BCUT2D eigenvalue weighted by Crippen LogP contribution is -2.38. The van der Waals surface area contributed by atoms with Crippen LogP contribution in [0.4, 0.5) is 0 Å². The molecule has 4 nitrogen and oxygen atoms in total. The van der Waals surface area contributed by atoms with Crippen molar-refractivity contribution in [2.24, 2.45) is 0 Å². The van der Waals surface area contributed by atoms with Gasteiger partial charge in [-0.25, -0.2) is 4.79 Å². The summed E-state index contributed by atoms with van der Waals surface area (Å²) in [6.07, 6.45) is 2.47. The fourth-order valence-electron chi connectivity index (χ4n) is 3.71. The zero-order valence-electron chi connectivity index (χ0n) is 17.9. The third kappa shape index (κ3) is 5.28. The number of carbonyl (C=O) groups excluding carboxylic acids is 1. The second-order valence-electron chi connectivity index (χ2n) is 8.16. The van der Waals surface area contributed by atoms with E-state index in [1.54, 1.807) is 0 Å². The predicted octanol–water partition coefficient (Wildman–Crippen LogP) is 6.58. The normalized spacial score (nSPS) is 13.6. The summed E-state index contributed by atoms with van der Waals surface area (Å²) in [5.41, 5.74) is 2.33. The van der Waals surface area contributed by atoms with Crippen molar-refractivity contribution in [3.63, 3.8) is 0 Å². The molecule has 5 heteroatoms. The molecule has 0 amide bonds. The summed E-state index contributed by atoms with van der Waals surface area (Å²) < 4.78 is 17.6. The number of furan rings is 1. The molecule has 0 fully saturated rings. The number of hydrogen-bond acceptors (Lipinski definition) is 5. The molecule has 0 radical (unpaired) electrons. The van der Waals surface area contributed by atoms with Gasteiger partial charge in [-0.2, -0.15) is 0 Å². The number of carbonyl (C=O) groups is 1. The van der Waals surface area contributed by atoms with Gasteiger partial charge in [0.1, 0.15) is 22.7 Å². The Morgan fingerprint density at radius 3 is 2.60 bits per heavy atom. The minimum Gasteiger partial charge on any atom is -0.477 e. The lowest BCUT2D eigenvalue weighted by molar-refractivity contribution is -0.152. The van der Waals surface area contributed by atoms with Crippen LogP contribution in [0.2, 0.25) is 0 Å². The standard InChI is InChI=1S/C25H28O4S/c1-6-17-10-8-9-11-20(17)22-14-18-12-13-19(15-21(18)27-22)28-25(5,30)16-24(3,4)29-23(26)7-2/h7-15,30H,2,6,16H2,1,3-5H3. The molecule has 3 aromatic rings. The Morgan fingerprint density at radius 1 is 1.17 bits per heavy atom. The number of aryl methyl sites for hydroxylation is 1. The highest BCUT2D eigenvalue weighted by molar-refractivity contribution is 7.81. The zero-order chi connectivity index (χ0) is 21.9. The van der Waals surface area contributed by atoms with Gasteiger partial charge in [0, 0.05) is 29.5 Å². The van der Waals surface area contributed by atoms with E-state index < -0.39 is 16.5 Å². The van der Waals surface area contributed by atoms with Crippen molar-refractivity contribution < 1.29 is 18.7 Å². The van der Waals surface area contributed by atoms with Gasteiger partial charge in [0.05, 0.1) is 0 Å². The highest BCUT2D eigenvalue weighted by atomic mass is 32.1. The number of thiol groups is 1. The van der Waals surface area contributed by atoms with Crippen LogP contribution in [0.25, 0.3) is 22.3 Å². The van der Waals surface area contributed by atoms with Gasteiger partial charge < -0.3 is 13.9 Å². The van der Waals surface area contributed by atoms with E-state index in [-0.39, 0.29) is 0 Å². The van der Waals surface area contributed by atoms with Gasteiger partial charge in [-0.05, 0) is 51.0 Å². The summed E-state index contributed by atoms with van der Waals surface area (Å²) in [5.74, 6) is 1.00. The van der Waals surface area contributed by atoms with Crippen molar-refractivity contribution in [3.8, 4) is 17.1 Å². The fourth-order valence-corrected chi connectivity index (χ4v) is 4.19. The van der Waals surface area contributed by atoms with Gasteiger partial charge in [-0.15, -0.1) is 12.6 Å². The van der Waals surface area contributed by atoms with Gasteiger partial charge in [0.15, 0.2) is 4.93 Å². The van der Waals surface area contributed by atoms with Gasteiger partial charge in [-0.1, -0.05) is 37.8 Å². The van der Waals surface area contributed by atoms with Crippen LogP contribution in [-0.4, -0.2) is 16.5 Å². The molecule has 0 saturated carbocycles. The number of ether oxygens (including phenoxy) is 2.